The molecule has 1 fully saturated rings. The van der Waals surface area contributed by atoms with Gasteiger partial charge in [-0.2, -0.15) is 13.2 Å². The third kappa shape index (κ3) is 2.22. The number of esters is 1. The predicted molar refractivity (Wildman–Crippen MR) is 54.9 cm³/mol. The third-order valence-electron chi connectivity index (χ3n) is 3.03. The van der Waals surface area contributed by atoms with Crippen LogP contribution in [-0.4, -0.2) is 24.8 Å². The molecule has 0 aliphatic heterocycles. The molecule has 0 atom stereocenters. The number of rotatable bonds is 4. The zero-order valence-electron chi connectivity index (χ0n) is 9.63. The molecule has 1 saturated carbocycles. The fourth-order valence-corrected chi connectivity index (χ4v) is 1.70. The van der Waals surface area contributed by atoms with Crippen LogP contribution in [-0.2, 0) is 11.3 Å². The Morgan fingerprint density at radius 1 is 1.56 bits per heavy atom. The number of furan rings is 1. The average molecular weight is 263 g/mol. The highest BCUT2D eigenvalue weighted by molar-refractivity contribution is 5.87. The number of hydrogen-bond donors (Lipinski definition) is 1. The van der Waals surface area contributed by atoms with Gasteiger partial charge >= 0.3 is 12.1 Å². The van der Waals surface area contributed by atoms with Gasteiger partial charge in [0.15, 0.2) is 0 Å². The molecule has 18 heavy (non-hydrogen) atoms. The van der Waals surface area contributed by atoms with Gasteiger partial charge in [0, 0.05) is 12.1 Å². The second kappa shape index (κ2) is 4.31. The lowest BCUT2D eigenvalue weighted by Gasteiger charge is -2.20. The van der Waals surface area contributed by atoms with Gasteiger partial charge in [-0.25, -0.2) is 4.79 Å². The lowest BCUT2D eigenvalue weighted by Crippen LogP contribution is -2.44. The highest BCUT2D eigenvalue weighted by Crippen LogP contribution is 2.49. The highest BCUT2D eigenvalue weighted by atomic mass is 19.4. The minimum absolute atomic E-state index is 0.0574. The standard InChI is InChI=1S/C11H12F3NO3/c1-17-9(16)8-7(2-5-18-8)6-15-10(3-4-10)11(12,13)14/h2,5,15H,3-4,6H2,1H3. The smallest absolute Gasteiger partial charge is 0.406 e. The van der Waals surface area contributed by atoms with Crippen molar-refractivity contribution in [2.24, 2.45) is 0 Å². The summed E-state index contributed by atoms with van der Waals surface area (Å²) in [7, 11) is 1.18. The van der Waals surface area contributed by atoms with E-state index in [1.54, 1.807) is 0 Å². The fraction of sp³-hybridized carbons (Fsp3) is 0.545. The van der Waals surface area contributed by atoms with Gasteiger partial charge in [-0.15, -0.1) is 0 Å². The van der Waals surface area contributed by atoms with Crippen LogP contribution in [0.5, 0.6) is 0 Å². The number of halogens is 3. The summed E-state index contributed by atoms with van der Waals surface area (Å²) in [6.07, 6.45) is -2.91. The predicted octanol–water partition coefficient (Wildman–Crippen LogP) is 2.25. The van der Waals surface area contributed by atoms with Gasteiger partial charge in [0.1, 0.15) is 5.54 Å². The summed E-state index contributed by atoms with van der Waals surface area (Å²) >= 11 is 0. The van der Waals surface area contributed by atoms with Crippen molar-refractivity contribution in [3.05, 3.63) is 23.7 Å². The first kappa shape index (κ1) is 12.9. The van der Waals surface area contributed by atoms with E-state index in [0.717, 1.165) is 0 Å². The van der Waals surface area contributed by atoms with Crippen molar-refractivity contribution in [1.29, 1.82) is 0 Å². The first-order valence-corrected chi connectivity index (χ1v) is 5.36. The first-order chi connectivity index (χ1) is 8.39. The minimum atomic E-state index is -4.28. The molecule has 1 N–H and O–H groups in total. The second-order valence-corrected chi connectivity index (χ2v) is 4.20. The maximum absolute atomic E-state index is 12.7. The van der Waals surface area contributed by atoms with Crippen molar-refractivity contribution >= 4 is 5.97 Å². The maximum Gasteiger partial charge on any atom is 0.406 e. The third-order valence-corrected chi connectivity index (χ3v) is 3.03. The number of carbonyl (C=O) groups is 1. The number of alkyl halides is 3. The Hall–Kier alpha value is -1.50. The van der Waals surface area contributed by atoms with E-state index < -0.39 is 17.7 Å². The summed E-state index contributed by atoms with van der Waals surface area (Å²) in [5.41, 5.74) is -1.45. The number of hydrogen-bond acceptors (Lipinski definition) is 4. The number of ether oxygens (including phenoxy) is 1. The summed E-state index contributed by atoms with van der Waals surface area (Å²) in [6.45, 7) is -0.0829. The van der Waals surface area contributed by atoms with Crippen molar-refractivity contribution in [3.63, 3.8) is 0 Å². The minimum Gasteiger partial charge on any atom is -0.463 e. The van der Waals surface area contributed by atoms with Crippen LogP contribution in [0.4, 0.5) is 13.2 Å². The molecule has 1 aromatic heterocycles. The molecule has 0 spiro atoms. The van der Waals surface area contributed by atoms with Crippen LogP contribution in [0.3, 0.4) is 0 Å². The van der Waals surface area contributed by atoms with Crippen molar-refractivity contribution in [2.45, 2.75) is 31.1 Å². The van der Waals surface area contributed by atoms with E-state index in [0.29, 0.717) is 5.56 Å². The van der Waals surface area contributed by atoms with Gasteiger partial charge in [-0.1, -0.05) is 0 Å². The number of carbonyl (C=O) groups excluding carboxylic acids is 1. The molecule has 1 heterocycles. The Labute approximate surface area is 101 Å². The molecule has 1 aliphatic carbocycles. The molecular weight excluding hydrogens is 251 g/mol. The Morgan fingerprint density at radius 3 is 2.72 bits per heavy atom. The van der Waals surface area contributed by atoms with Crippen molar-refractivity contribution in [2.75, 3.05) is 7.11 Å². The molecule has 0 amide bonds. The molecule has 0 aromatic carbocycles. The normalized spacial score (nSPS) is 17.6. The maximum atomic E-state index is 12.7. The van der Waals surface area contributed by atoms with Crippen LogP contribution in [0.2, 0.25) is 0 Å². The van der Waals surface area contributed by atoms with Crippen LogP contribution in [0, 0.1) is 0 Å². The number of nitrogens with one attached hydrogen (secondary N) is 1. The van der Waals surface area contributed by atoms with E-state index in [2.05, 4.69) is 10.1 Å². The highest BCUT2D eigenvalue weighted by Gasteiger charge is 2.63. The van der Waals surface area contributed by atoms with E-state index in [-0.39, 0.29) is 25.1 Å². The second-order valence-electron chi connectivity index (χ2n) is 4.20. The van der Waals surface area contributed by atoms with Crippen molar-refractivity contribution in [1.82, 2.24) is 5.32 Å². The van der Waals surface area contributed by atoms with Crippen LogP contribution in [0.25, 0.3) is 0 Å². The summed E-state index contributed by atoms with van der Waals surface area (Å²) in [5.74, 6) is -0.767. The molecule has 1 aromatic rings. The van der Waals surface area contributed by atoms with Gasteiger partial charge in [-0.3, -0.25) is 5.32 Å². The largest absolute Gasteiger partial charge is 0.463 e. The van der Waals surface area contributed by atoms with Gasteiger partial charge in [0.2, 0.25) is 5.76 Å². The first-order valence-electron chi connectivity index (χ1n) is 5.36. The molecule has 0 saturated heterocycles. The molecular formula is C11H12F3NO3. The molecule has 0 bridgehead atoms. The molecule has 0 unspecified atom stereocenters. The Bertz CT molecular complexity index is 449. The van der Waals surface area contributed by atoms with E-state index in [9.17, 15) is 18.0 Å². The van der Waals surface area contributed by atoms with Gasteiger partial charge in [0.25, 0.3) is 0 Å². The summed E-state index contributed by atoms with van der Waals surface area (Å²) in [6, 6.07) is 1.45. The Kier molecular flexibility index (Phi) is 3.10. The Balaban J connectivity index is 2.04. The van der Waals surface area contributed by atoms with E-state index in [4.69, 9.17) is 4.42 Å². The molecule has 0 radical (unpaired) electrons. The molecule has 7 heteroatoms. The summed E-state index contributed by atoms with van der Waals surface area (Å²) < 4.78 is 47.4. The zero-order chi connectivity index (χ0) is 13.4. The van der Waals surface area contributed by atoms with Crippen LogP contribution >= 0.6 is 0 Å². The topological polar surface area (TPSA) is 51.5 Å². The average Bonchev–Trinajstić information content (AvgIpc) is 2.97. The zero-order valence-corrected chi connectivity index (χ0v) is 9.63. The van der Waals surface area contributed by atoms with Gasteiger partial charge < -0.3 is 9.15 Å². The quantitative estimate of drug-likeness (QED) is 0.846. The van der Waals surface area contributed by atoms with E-state index in [1.807, 2.05) is 0 Å². The molecule has 4 nitrogen and oxygen atoms in total. The van der Waals surface area contributed by atoms with Crippen LogP contribution < -0.4 is 5.32 Å². The summed E-state index contributed by atoms with van der Waals surface area (Å²) in [5, 5.41) is 2.44. The Morgan fingerprint density at radius 2 is 2.22 bits per heavy atom. The van der Waals surface area contributed by atoms with Gasteiger partial charge in [-0.05, 0) is 18.9 Å². The van der Waals surface area contributed by atoms with E-state index in [1.165, 1.54) is 19.4 Å². The molecule has 100 valence electrons. The monoisotopic (exact) mass is 263 g/mol. The van der Waals surface area contributed by atoms with Crippen molar-refractivity contribution < 1.29 is 27.1 Å². The van der Waals surface area contributed by atoms with Crippen molar-refractivity contribution in [3.8, 4) is 0 Å². The SMILES string of the molecule is COC(=O)c1occc1CNC1(C(F)(F)F)CC1. The van der Waals surface area contributed by atoms with Gasteiger partial charge in [0.05, 0.1) is 13.4 Å². The van der Waals surface area contributed by atoms with Crippen LogP contribution in [0.15, 0.2) is 16.7 Å². The summed E-state index contributed by atoms with van der Waals surface area (Å²) in [4.78, 5) is 11.3. The molecule has 2 rings (SSSR count). The molecule has 1 aliphatic rings. The number of methoxy groups -OCH3 is 1. The lowest BCUT2D eigenvalue weighted by atomic mass is 10.2. The lowest BCUT2D eigenvalue weighted by molar-refractivity contribution is -0.166. The van der Waals surface area contributed by atoms with E-state index >= 15 is 0 Å². The van der Waals surface area contributed by atoms with Crippen LogP contribution in [0.1, 0.15) is 29.0 Å². The fourth-order valence-electron chi connectivity index (χ4n) is 1.70.